The number of aromatic nitrogens is 3. The maximum absolute atomic E-state index is 5.51. The first-order valence-corrected chi connectivity index (χ1v) is 6.66. The van der Waals surface area contributed by atoms with Crippen molar-refractivity contribution >= 4 is 6.01 Å². The van der Waals surface area contributed by atoms with Gasteiger partial charge in [0, 0.05) is 11.2 Å². The van der Waals surface area contributed by atoms with E-state index in [2.05, 4.69) is 46.6 Å². The van der Waals surface area contributed by atoms with Crippen LogP contribution in [-0.4, -0.2) is 20.7 Å². The average Bonchev–Trinajstić information content (AvgIpc) is 2.81. The molecule has 0 aromatic carbocycles. The van der Waals surface area contributed by atoms with Crippen LogP contribution in [0.3, 0.4) is 0 Å². The van der Waals surface area contributed by atoms with Crippen LogP contribution in [0.5, 0.6) is 0 Å². The first-order chi connectivity index (χ1) is 9.42. The molecule has 108 valence electrons. The highest BCUT2D eigenvalue weighted by atomic mass is 16.4. The second-order valence-corrected chi connectivity index (χ2v) is 5.73. The number of nitrogens with zero attached hydrogens (tertiary/aromatic N) is 3. The number of anilines is 1. The van der Waals surface area contributed by atoms with Crippen molar-refractivity contribution in [3.05, 3.63) is 35.5 Å². The van der Waals surface area contributed by atoms with E-state index >= 15 is 0 Å². The Bertz CT molecular complexity index is 559. The third-order valence-corrected chi connectivity index (χ3v) is 2.60. The fourth-order valence-electron chi connectivity index (χ4n) is 1.60. The lowest BCUT2D eigenvalue weighted by molar-refractivity contribution is 0.383. The monoisotopic (exact) mass is 275 g/mol. The van der Waals surface area contributed by atoms with Crippen LogP contribution >= 0.6 is 0 Å². The van der Waals surface area contributed by atoms with E-state index in [0.717, 1.165) is 11.4 Å². The molecule has 6 heteroatoms. The largest absolute Gasteiger partial charge is 0.407 e. The number of nitrogens with one attached hydrogen (secondary N) is 2. The summed E-state index contributed by atoms with van der Waals surface area (Å²) in [5.41, 5.74) is 1.95. The molecule has 2 rings (SSSR count). The average molecular weight is 275 g/mol. The lowest BCUT2D eigenvalue weighted by Crippen LogP contribution is -2.35. The maximum atomic E-state index is 5.51. The highest BCUT2D eigenvalue weighted by molar-refractivity contribution is 5.20. The first kappa shape index (κ1) is 14.5. The van der Waals surface area contributed by atoms with E-state index in [4.69, 9.17) is 4.42 Å². The van der Waals surface area contributed by atoms with Crippen molar-refractivity contribution in [3.8, 4) is 0 Å². The van der Waals surface area contributed by atoms with Gasteiger partial charge in [-0.1, -0.05) is 11.2 Å². The SMILES string of the molecule is Cc1cccc(CNc2nnc(CNC(C)(C)C)o2)n1. The minimum absolute atomic E-state index is 0.0214. The number of rotatable bonds is 5. The standard InChI is InChI=1S/C14H21N5O/c1-10-6-5-7-11(17-10)8-15-13-19-18-12(20-13)9-16-14(2,3)4/h5-7,16H,8-9H2,1-4H3,(H,15,19). The molecule has 0 bridgehead atoms. The normalized spacial score (nSPS) is 11.6. The number of hydrogen-bond donors (Lipinski definition) is 2. The van der Waals surface area contributed by atoms with E-state index in [1.165, 1.54) is 0 Å². The summed E-state index contributed by atoms with van der Waals surface area (Å²) in [5.74, 6) is 0.569. The molecule has 0 radical (unpaired) electrons. The third kappa shape index (κ3) is 4.62. The zero-order valence-electron chi connectivity index (χ0n) is 12.4. The molecule has 2 heterocycles. The number of pyridine rings is 1. The molecular weight excluding hydrogens is 254 g/mol. The van der Waals surface area contributed by atoms with Gasteiger partial charge >= 0.3 is 6.01 Å². The predicted molar refractivity (Wildman–Crippen MR) is 77.2 cm³/mol. The topological polar surface area (TPSA) is 75.9 Å². The van der Waals surface area contributed by atoms with Crippen molar-refractivity contribution in [2.24, 2.45) is 0 Å². The highest BCUT2D eigenvalue weighted by Crippen LogP contribution is 2.09. The van der Waals surface area contributed by atoms with Gasteiger partial charge in [0.15, 0.2) is 0 Å². The number of aryl methyl sites for hydroxylation is 1. The minimum atomic E-state index is 0.0214. The van der Waals surface area contributed by atoms with Gasteiger partial charge < -0.3 is 15.1 Å². The van der Waals surface area contributed by atoms with Crippen LogP contribution in [-0.2, 0) is 13.1 Å². The molecule has 2 aromatic rings. The van der Waals surface area contributed by atoms with Crippen molar-refractivity contribution in [3.63, 3.8) is 0 Å². The van der Waals surface area contributed by atoms with E-state index in [-0.39, 0.29) is 5.54 Å². The van der Waals surface area contributed by atoms with Gasteiger partial charge in [0.1, 0.15) is 0 Å². The summed E-state index contributed by atoms with van der Waals surface area (Å²) >= 11 is 0. The van der Waals surface area contributed by atoms with Crippen molar-refractivity contribution in [2.45, 2.75) is 46.3 Å². The highest BCUT2D eigenvalue weighted by Gasteiger charge is 2.12. The van der Waals surface area contributed by atoms with E-state index in [9.17, 15) is 0 Å². The fourth-order valence-corrected chi connectivity index (χ4v) is 1.60. The molecular formula is C14H21N5O. The van der Waals surface area contributed by atoms with Crippen LogP contribution in [0.2, 0.25) is 0 Å². The van der Waals surface area contributed by atoms with Crippen LogP contribution in [0, 0.1) is 6.92 Å². The maximum Gasteiger partial charge on any atom is 0.315 e. The van der Waals surface area contributed by atoms with Gasteiger partial charge in [0.05, 0.1) is 18.8 Å². The molecule has 0 aliphatic heterocycles. The molecule has 0 saturated heterocycles. The zero-order chi connectivity index (χ0) is 14.6. The Labute approximate surface area is 119 Å². The summed E-state index contributed by atoms with van der Waals surface area (Å²) in [6, 6.07) is 6.32. The summed E-state index contributed by atoms with van der Waals surface area (Å²) < 4.78 is 5.51. The molecule has 2 aromatic heterocycles. The second kappa shape index (κ2) is 6.00. The lowest BCUT2D eigenvalue weighted by Gasteiger charge is -2.18. The minimum Gasteiger partial charge on any atom is -0.407 e. The van der Waals surface area contributed by atoms with Crippen LogP contribution in [0.1, 0.15) is 38.0 Å². The Hall–Kier alpha value is -1.95. The molecule has 0 aliphatic carbocycles. The molecule has 0 fully saturated rings. The van der Waals surface area contributed by atoms with Gasteiger partial charge in [0.2, 0.25) is 5.89 Å². The third-order valence-electron chi connectivity index (χ3n) is 2.60. The van der Waals surface area contributed by atoms with Crippen LogP contribution in [0.4, 0.5) is 6.01 Å². The van der Waals surface area contributed by atoms with Crippen LogP contribution in [0.25, 0.3) is 0 Å². The van der Waals surface area contributed by atoms with E-state index in [1.54, 1.807) is 0 Å². The van der Waals surface area contributed by atoms with Crippen LogP contribution < -0.4 is 10.6 Å². The molecule has 0 unspecified atom stereocenters. The zero-order valence-corrected chi connectivity index (χ0v) is 12.4. The van der Waals surface area contributed by atoms with Gasteiger partial charge in [-0.3, -0.25) is 4.98 Å². The van der Waals surface area contributed by atoms with Gasteiger partial charge in [-0.15, -0.1) is 5.10 Å². The Kier molecular flexibility index (Phi) is 4.34. The molecule has 0 amide bonds. The van der Waals surface area contributed by atoms with Gasteiger partial charge in [-0.25, -0.2) is 0 Å². The molecule has 20 heavy (non-hydrogen) atoms. The van der Waals surface area contributed by atoms with Gasteiger partial charge in [-0.2, -0.15) is 0 Å². The molecule has 0 saturated carbocycles. The van der Waals surface area contributed by atoms with E-state index < -0.39 is 0 Å². The molecule has 2 N–H and O–H groups in total. The van der Waals surface area contributed by atoms with Crippen LogP contribution in [0.15, 0.2) is 22.6 Å². The summed E-state index contributed by atoms with van der Waals surface area (Å²) in [5, 5.41) is 14.3. The van der Waals surface area contributed by atoms with E-state index in [0.29, 0.717) is 25.0 Å². The second-order valence-electron chi connectivity index (χ2n) is 5.73. The lowest BCUT2D eigenvalue weighted by atomic mass is 10.1. The number of hydrogen-bond acceptors (Lipinski definition) is 6. The molecule has 0 atom stereocenters. The van der Waals surface area contributed by atoms with Crippen molar-refractivity contribution in [1.82, 2.24) is 20.5 Å². The van der Waals surface area contributed by atoms with Crippen molar-refractivity contribution < 1.29 is 4.42 Å². The Balaban J connectivity index is 1.87. The summed E-state index contributed by atoms with van der Waals surface area (Å²) in [6.07, 6.45) is 0. The first-order valence-electron chi connectivity index (χ1n) is 6.66. The summed E-state index contributed by atoms with van der Waals surface area (Å²) in [4.78, 5) is 4.40. The summed E-state index contributed by atoms with van der Waals surface area (Å²) in [7, 11) is 0. The van der Waals surface area contributed by atoms with Crippen molar-refractivity contribution in [1.29, 1.82) is 0 Å². The smallest absolute Gasteiger partial charge is 0.315 e. The Morgan fingerprint density at radius 2 is 1.95 bits per heavy atom. The van der Waals surface area contributed by atoms with Gasteiger partial charge in [0.25, 0.3) is 0 Å². The quantitative estimate of drug-likeness (QED) is 0.872. The van der Waals surface area contributed by atoms with Gasteiger partial charge in [-0.05, 0) is 39.8 Å². The Morgan fingerprint density at radius 1 is 1.15 bits per heavy atom. The van der Waals surface area contributed by atoms with E-state index in [1.807, 2.05) is 25.1 Å². The Morgan fingerprint density at radius 3 is 2.65 bits per heavy atom. The molecule has 0 aliphatic rings. The van der Waals surface area contributed by atoms with Crippen molar-refractivity contribution in [2.75, 3.05) is 5.32 Å². The fraction of sp³-hybridized carbons (Fsp3) is 0.500. The summed E-state index contributed by atoms with van der Waals surface area (Å²) in [6.45, 7) is 9.35. The molecule has 6 nitrogen and oxygen atoms in total. The predicted octanol–water partition coefficient (Wildman–Crippen LogP) is 2.27. The molecule has 0 spiro atoms.